The van der Waals surface area contributed by atoms with Crippen molar-refractivity contribution in [2.24, 2.45) is 0 Å². The zero-order valence-electron chi connectivity index (χ0n) is 15.4. The molecule has 0 heterocycles. The molecule has 0 atom stereocenters. The van der Waals surface area contributed by atoms with E-state index in [1.807, 2.05) is 31.2 Å². The SMILES string of the molecule is COC(=O)c1cccc(NC(=O)CN(Cc2cccc(C)c2)S(C)(=O)=O)c1. The van der Waals surface area contributed by atoms with Crippen LogP contribution in [0.2, 0.25) is 0 Å². The first-order chi connectivity index (χ1) is 12.7. The van der Waals surface area contributed by atoms with Gasteiger partial charge in [0, 0.05) is 12.2 Å². The molecule has 1 amide bonds. The van der Waals surface area contributed by atoms with Crippen molar-refractivity contribution in [2.75, 3.05) is 25.2 Å². The van der Waals surface area contributed by atoms with E-state index in [-0.39, 0.29) is 18.7 Å². The predicted octanol–water partition coefficient (Wildman–Crippen LogP) is 2.18. The van der Waals surface area contributed by atoms with E-state index in [2.05, 4.69) is 10.1 Å². The number of carbonyl (C=O) groups is 2. The monoisotopic (exact) mass is 390 g/mol. The molecule has 0 aliphatic rings. The van der Waals surface area contributed by atoms with Crippen LogP contribution in [0, 0.1) is 6.92 Å². The second-order valence-corrected chi connectivity index (χ2v) is 8.12. The molecule has 0 unspecified atom stereocenters. The van der Waals surface area contributed by atoms with Gasteiger partial charge in [-0.25, -0.2) is 13.2 Å². The fourth-order valence-corrected chi connectivity index (χ4v) is 3.24. The Kier molecular flexibility index (Phi) is 6.70. The number of nitrogens with one attached hydrogen (secondary N) is 1. The topological polar surface area (TPSA) is 92.8 Å². The van der Waals surface area contributed by atoms with Crippen LogP contribution in [-0.2, 0) is 26.1 Å². The molecule has 0 aliphatic heterocycles. The maximum atomic E-state index is 12.3. The van der Waals surface area contributed by atoms with Crippen LogP contribution in [0.3, 0.4) is 0 Å². The van der Waals surface area contributed by atoms with Crippen LogP contribution in [-0.4, -0.2) is 44.5 Å². The van der Waals surface area contributed by atoms with Gasteiger partial charge < -0.3 is 10.1 Å². The third kappa shape index (κ3) is 6.19. The Bertz CT molecular complexity index is 941. The molecular weight excluding hydrogens is 368 g/mol. The van der Waals surface area contributed by atoms with E-state index in [1.165, 1.54) is 13.2 Å². The fraction of sp³-hybridized carbons (Fsp3) is 0.263. The van der Waals surface area contributed by atoms with Crippen LogP contribution >= 0.6 is 0 Å². The van der Waals surface area contributed by atoms with E-state index in [9.17, 15) is 18.0 Å². The number of methoxy groups -OCH3 is 1. The van der Waals surface area contributed by atoms with Crippen LogP contribution in [0.4, 0.5) is 5.69 Å². The summed E-state index contributed by atoms with van der Waals surface area (Å²) < 4.78 is 29.9. The molecule has 0 fully saturated rings. The van der Waals surface area contributed by atoms with E-state index in [0.717, 1.165) is 21.7 Å². The molecule has 0 saturated carbocycles. The highest BCUT2D eigenvalue weighted by Crippen LogP contribution is 2.14. The maximum Gasteiger partial charge on any atom is 0.337 e. The summed E-state index contributed by atoms with van der Waals surface area (Å²) in [6, 6.07) is 13.7. The Labute approximate surface area is 159 Å². The number of rotatable bonds is 7. The number of ether oxygens (including phenoxy) is 1. The van der Waals surface area contributed by atoms with Gasteiger partial charge in [-0.3, -0.25) is 4.79 Å². The van der Waals surface area contributed by atoms with Crippen LogP contribution in [0.25, 0.3) is 0 Å². The molecule has 144 valence electrons. The summed E-state index contributed by atoms with van der Waals surface area (Å²) in [6.07, 6.45) is 1.06. The van der Waals surface area contributed by atoms with Crippen molar-refractivity contribution in [3.63, 3.8) is 0 Å². The van der Waals surface area contributed by atoms with Gasteiger partial charge in [-0.1, -0.05) is 35.9 Å². The molecule has 27 heavy (non-hydrogen) atoms. The highest BCUT2D eigenvalue weighted by molar-refractivity contribution is 7.88. The number of benzene rings is 2. The predicted molar refractivity (Wildman–Crippen MR) is 103 cm³/mol. The third-order valence-corrected chi connectivity index (χ3v) is 4.99. The number of amides is 1. The first-order valence-corrected chi connectivity index (χ1v) is 10.0. The smallest absolute Gasteiger partial charge is 0.337 e. The minimum absolute atomic E-state index is 0.0934. The lowest BCUT2D eigenvalue weighted by atomic mass is 10.1. The van der Waals surface area contributed by atoms with Gasteiger partial charge in [-0.2, -0.15) is 4.31 Å². The first kappa shape index (κ1) is 20.6. The molecule has 0 spiro atoms. The highest BCUT2D eigenvalue weighted by atomic mass is 32.2. The Hall–Kier alpha value is -2.71. The highest BCUT2D eigenvalue weighted by Gasteiger charge is 2.21. The van der Waals surface area contributed by atoms with E-state index in [4.69, 9.17) is 0 Å². The minimum Gasteiger partial charge on any atom is -0.465 e. The van der Waals surface area contributed by atoms with Crippen molar-refractivity contribution in [2.45, 2.75) is 13.5 Å². The molecule has 0 aliphatic carbocycles. The van der Waals surface area contributed by atoms with Gasteiger partial charge in [0.15, 0.2) is 0 Å². The number of aryl methyl sites for hydroxylation is 1. The van der Waals surface area contributed by atoms with Gasteiger partial charge in [0.2, 0.25) is 15.9 Å². The lowest BCUT2D eigenvalue weighted by molar-refractivity contribution is -0.116. The second kappa shape index (κ2) is 8.79. The third-order valence-electron chi connectivity index (χ3n) is 3.80. The number of sulfonamides is 1. The van der Waals surface area contributed by atoms with Gasteiger partial charge in [0.1, 0.15) is 0 Å². The van der Waals surface area contributed by atoms with E-state index >= 15 is 0 Å². The zero-order valence-corrected chi connectivity index (χ0v) is 16.2. The fourth-order valence-electron chi connectivity index (χ4n) is 2.51. The van der Waals surface area contributed by atoms with E-state index < -0.39 is 21.9 Å². The maximum absolute atomic E-state index is 12.3. The molecule has 1 N–H and O–H groups in total. The standard InChI is InChI=1S/C19H22N2O5S/c1-14-6-4-7-15(10-14)12-21(27(3,24)25)13-18(22)20-17-9-5-8-16(11-17)19(23)26-2/h4-11H,12-13H2,1-3H3,(H,20,22). The number of hydrogen-bond acceptors (Lipinski definition) is 5. The molecule has 2 rings (SSSR count). The summed E-state index contributed by atoms with van der Waals surface area (Å²) in [5.74, 6) is -1.03. The summed E-state index contributed by atoms with van der Waals surface area (Å²) in [4.78, 5) is 23.9. The van der Waals surface area contributed by atoms with Crippen LogP contribution in [0.1, 0.15) is 21.5 Å². The quantitative estimate of drug-likeness (QED) is 0.732. The van der Waals surface area contributed by atoms with Crippen molar-refractivity contribution >= 4 is 27.6 Å². The van der Waals surface area contributed by atoms with Crippen LogP contribution < -0.4 is 5.32 Å². The van der Waals surface area contributed by atoms with Crippen LogP contribution in [0.15, 0.2) is 48.5 Å². The Morgan fingerprint density at radius 3 is 2.44 bits per heavy atom. The number of nitrogens with zero attached hydrogens (tertiary/aromatic N) is 1. The van der Waals surface area contributed by atoms with Gasteiger partial charge in [-0.05, 0) is 30.7 Å². The Morgan fingerprint density at radius 1 is 1.11 bits per heavy atom. The molecule has 0 saturated heterocycles. The molecule has 0 bridgehead atoms. The number of anilines is 1. The normalized spacial score (nSPS) is 11.3. The van der Waals surface area contributed by atoms with E-state index in [0.29, 0.717) is 5.69 Å². The second-order valence-electron chi connectivity index (χ2n) is 6.14. The van der Waals surface area contributed by atoms with Crippen molar-refractivity contribution in [1.82, 2.24) is 4.31 Å². The molecule has 2 aromatic rings. The lowest BCUT2D eigenvalue weighted by Crippen LogP contribution is -2.36. The molecule has 0 aromatic heterocycles. The molecule has 0 radical (unpaired) electrons. The Morgan fingerprint density at radius 2 is 1.81 bits per heavy atom. The number of esters is 1. The summed E-state index contributed by atoms with van der Waals surface area (Å²) in [7, 11) is -2.32. The first-order valence-electron chi connectivity index (χ1n) is 8.18. The lowest BCUT2D eigenvalue weighted by Gasteiger charge is -2.20. The summed E-state index contributed by atoms with van der Waals surface area (Å²) in [5, 5.41) is 2.61. The minimum atomic E-state index is -3.59. The van der Waals surface area contributed by atoms with Gasteiger partial charge >= 0.3 is 5.97 Å². The molecule has 8 heteroatoms. The zero-order chi connectivity index (χ0) is 20.0. The van der Waals surface area contributed by atoms with Gasteiger partial charge in [0.05, 0.1) is 25.5 Å². The summed E-state index contributed by atoms with van der Waals surface area (Å²) >= 11 is 0. The van der Waals surface area contributed by atoms with Gasteiger partial charge in [-0.15, -0.1) is 0 Å². The average molecular weight is 390 g/mol. The van der Waals surface area contributed by atoms with E-state index in [1.54, 1.807) is 18.2 Å². The van der Waals surface area contributed by atoms with Crippen molar-refractivity contribution in [3.8, 4) is 0 Å². The number of hydrogen-bond donors (Lipinski definition) is 1. The largest absolute Gasteiger partial charge is 0.465 e. The molecular formula is C19H22N2O5S. The average Bonchev–Trinajstić information content (AvgIpc) is 2.60. The molecule has 2 aromatic carbocycles. The van der Waals surface area contributed by atoms with Crippen molar-refractivity contribution in [3.05, 3.63) is 65.2 Å². The molecule has 7 nitrogen and oxygen atoms in total. The number of carbonyl (C=O) groups excluding carboxylic acids is 2. The summed E-state index contributed by atoms with van der Waals surface area (Å²) in [5.41, 5.74) is 2.47. The van der Waals surface area contributed by atoms with Crippen LogP contribution in [0.5, 0.6) is 0 Å². The Balaban J connectivity index is 2.11. The summed E-state index contributed by atoms with van der Waals surface area (Å²) in [6.45, 7) is 1.67. The van der Waals surface area contributed by atoms with Gasteiger partial charge in [0.25, 0.3) is 0 Å². The van der Waals surface area contributed by atoms with Crippen molar-refractivity contribution in [1.29, 1.82) is 0 Å². The van der Waals surface area contributed by atoms with Crippen molar-refractivity contribution < 1.29 is 22.7 Å².